The molecular formula is C17H19ClN4O2. The highest BCUT2D eigenvalue weighted by Gasteiger charge is 2.27. The summed E-state index contributed by atoms with van der Waals surface area (Å²) in [7, 11) is 0. The van der Waals surface area contributed by atoms with Crippen LogP contribution in [0.15, 0.2) is 47.4 Å². The second-order valence-electron chi connectivity index (χ2n) is 5.75. The molecule has 0 spiro atoms. The van der Waals surface area contributed by atoms with Gasteiger partial charge in [-0.3, -0.25) is 9.59 Å². The third-order valence-electron chi connectivity index (χ3n) is 4.25. The summed E-state index contributed by atoms with van der Waals surface area (Å²) in [5.74, 6) is -0.0883. The molecule has 126 valence electrons. The molecule has 0 aliphatic carbocycles. The molecule has 0 saturated carbocycles. The number of rotatable bonds is 3. The van der Waals surface area contributed by atoms with E-state index < -0.39 is 6.04 Å². The lowest BCUT2D eigenvalue weighted by Crippen LogP contribution is -2.51. The number of hydrogen-bond donors (Lipinski definition) is 0. The highest BCUT2D eigenvalue weighted by molar-refractivity contribution is 6.33. The van der Waals surface area contributed by atoms with Crippen LogP contribution in [0.5, 0.6) is 0 Å². The Balaban J connectivity index is 1.66. The van der Waals surface area contributed by atoms with E-state index in [4.69, 9.17) is 11.6 Å². The van der Waals surface area contributed by atoms with E-state index in [-0.39, 0.29) is 11.5 Å². The van der Waals surface area contributed by atoms with Gasteiger partial charge >= 0.3 is 0 Å². The fourth-order valence-corrected chi connectivity index (χ4v) is 3.16. The summed E-state index contributed by atoms with van der Waals surface area (Å²) < 4.78 is 1.22. The largest absolute Gasteiger partial charge is 0.367 e. The van der Waals surface area contributed by atoms with Crippen LogP contribution in [0, 0.1) is 0 Å². The van der Waals surface area contributed by atoms with Gasteiger partial charge in [0, 0.05) is 38.4 Å². The van der Waals surface area contributed by atoms with E-state index in [0.29, 0.717) is 31.2 Å². The van der Waals surface area contributed by atoms with Crippen molar-refractivity contribution in [3.05, 3.63) is 58.0 Å². The number of anilines is 1. The Morgan fingerprint density at radius 3 is 2.50 bits per heavy atom. The predicted molar refractivity (Wildman–Crippen MR) is 93.5 cm³/mol. The zero-order valence-corrected chi connectivity index (χ0v) is 14.2. The van der Waals surface area contributed by atoms with Crippen LogP contribution < -0.4 is 10.5 Å². The van der Waals surface area contributed by atoms with Crippen LogP contribution in [0.1, 0.15) is 13.0 Å². The molecule has 0 bridgehead atoms. The summed E-state index contributed by atoms with van der Waals surface area (Å²) in [5.41, 5.74) is 0.716. The van der Waals surface area contributed by atoms with Gasteiger partial charge in [-0.2, -0.15) is 5.10 Å². The molecule has 3 rings (SSSR count). The minimum atomic E-state index is -0.606. The monoisotopic (exact) mass is 346 g/mol. The van der Waals surface area contributed by atoms with Crippen molar-refractivity contribution >= 4 is 23.2 Å². The number of benzene rings is 1. The third-order valence-corrected chi connectivity index (χ3v) is 4.57. The maximum atomic E-state index is 12.6. The molecule has 6 nitrogen and oxygen atoms in total. The number of nitrogens with zero attached hydrogens (tertiary/aromatic N) is 4. The average Bonchev–Trinajstić information content (AvgIpc) is 2.61. The number of piperazine rings is 1. The molecule has 1 atom stereocenters. The fourth-order valence-electron chi connectivity index (χ4n) is 2.90. The van der Waals surface area contributed by atoms with Crippen LogP contribution in [0.3, 0.4) is 0 Å². The van der Waals surface area contributed by atoms with E-state index in [0.717, 1.165) is 5.69 Å². The Labute approximate surface area is 145 Å². The summed E-state index contributed by atoms with van der Waals surface area (Å²) in [6.45, 7) is 4.31. The maximum Gasteiger partial charge on any atom is 0.267 e. The van der Waals surface area contributed by atoms with Gasteiger partial charge in [-0.05, 0) is 25.1 Å². The highest BCUT2D eigenvalue weighted by atomic mass is 35.5. The lowest BCUT2D eigenvalue weighted by atomic mass is 10.2. The van der Waals surface area contributed by atoms with Gasteiger partial charge in [-0.15, -0.1) is 0 Å². The maximum absolute atomic E-state index is 12.6. The van der Waals surface area contributed by atoms with Crippen LogP contribution in [0.4, 0.5) is 5.69 Å². The molecule has 2 aromatic rings. The van der Waals surface area contributed by atoms with E-state index in [1.165, 1.54) is 16.9 Å². The zero-order valence-electron chi connectivity index (χ0n) is 13.4. The standard InChI is InChI=1S/C17H19ClN4O2/c1-13(22-16(23)7-4-8-19-22)17(24)21-11-9-20(10-12-21)15-6-3-2-5-14(15)18/h2-8,13H,9-12H2,1H3. The first-order chi connectivity index (χ1) is 11.6. The molecule has 1 aromatic heterocycles. The van der Waals surface area contributed by atoms with Gasteiger partial charge in [-0.1, -0.05) is 23.7 Å². The van der Waals surface area contributed by atoms with Gasteiger partial charge in [0.2, 0.25) is 5.91 Å². The number of carbonyl (C=O) groups is 1. The second kappa shape index (κ2) is 7.05. The Kier molecular flexibility index (Phi) is 4.85. The van der Waals surface area contributed by atoms with Crippen molar-refractivity contribution < 1.29 is 4.79 Å². The average molecular weight is 347 g/mol. The molecular weight excluding hydrogens is 328 g/mol. The number of hydrogen-bond acceptors (Lipinski definition) is 4. The Morgan fingerprint density at radius 2 is 1.83 bits per heavy atom. The first kappa shape index (κ1) is 16.5. The zero-order chi connectivity index (χ0) is 17.1. The van der Waals surface area contributed by atoms with Crippen molar-refractivity contribution in [1.82, 2.24) is 14.7 Å². The molecule has 1 fully saturated rings. The highest BCUT2D eigenvalue weighted by Crippen LogP contribution is 2.26. The molecule has 1 aromatic carbocycles. The SMILES string of the molecule is CC(C(=O)N1CCN(c2ccccc2Cl)CC1)n1ncccc1=O. The molecule has 1 amide bonds. The van der Waals surface area contributed by atoms with Gasteiger partial charge < -0.3 is 9.80 Å². The fraction of sp³-hybridized carbons (Fsp3) is 0.353. The van der Waals surface area contributed by atoms with Gasteiger partial charge in [0.15, 0.2) is 0 Å². The number of para-hydroxylation sites is 1. The van der Waals surface area contributed by atoms with Crippen molar-refractivity contribution in [2.75, 3.05) is 31.1 Å². The summed E-state index contributed by atoms with van der Waals surface area (Å²) in [6, 6.07) is 10.1. The first-order valence-corrected chi connectivity index (χ1v) is 8.28. The smallest absolute Gasteiger partial charge is 0.267 e. The molecule has 0 N–H and O–H groups in total. The van der Waals surface area contributed by atoms with E-state index in [9.17, 15) is 9.59 Å². The minimum Gasteiger partial charge on any atom is -0.367 e. The van der Waals surface area contributed by atoms with Crippen LogP contribution >= 0.6 is 11.6 Å². The van der Waals surface area contributed by atoms with Crippen LogP contribution in [0.2, 0.25) is 5.02 Å². The molecule has 1 aliphatic rings. The molecule has 0 radical (unpaired) electrons. The van der Waals surface area contributed by atoms with Crippen molar-refractivity contribution in [1.29, 1.82) is 0 Å². The van der Waals surface area contributed by atoms with Crippen LogP contribution in [-0.2, 0) is 4.79 Å². The summed E-state index contributed by atoms with van der Waals surface area (Å²) in [4.78, 5) is 28.4. The van der Waals surface area contributed by atoms with Gasteiger partial charge in [0.25, 0.3) is 5.56 Å². The summed E-state index contributed by atoms with van der Waals surface area (Å²) in [5, 5.41) is 4.71. The Hall–Kier alpha value is -2.34. The molecule has 24 heavy (non-hydrogen) atoms. The normalized spacial score (nSPS) is 16.1. The van der Waals surface area contributed by atoms with E-state index in [1.54, 1.807) is 17.9 Å². The molecule has 7 heteroatoms. The quantitative estimate of drug-likeness (QED) is 0.850. The summed E-state index contributed by atoms with van der Waals surface area (Å²) in [6.07, 6.45) is 1.51. The van der Waals surface area contributed by atoms with Crippen LogP contribution in [0.25, 0.3) is 0 Å². The number of amides is 1. The molecule has 2 heterocycles. The van der Waals surface area contributed by atoms with Crippen molar-refractivity contribution in [2.45, 2.75) is 13.0 Å². The Morgan fingerprint density at radius 1 is 1.12 bits per heavy atom. The van der Waals surface area contributed by atoms with E-state index in [1.807, 2.05) is 24.3 Å². The van der Waals surface area contributed by atoms with Gasteiger partial charge in [-0.25, -0.2) is 4.68 Å². The molecule has 1 unspecified atom stereocenters. The van der Waals surface area contributed by atoms with Gasteiger partial charge in [0.1, 0.15) is 6.04 Å². The first-order valence-electron chi connectivity index (χ1n) is 7.90. The summed E-state index contributed by atoms with van der Waals surface area (Å²) >= 11 is 6.24. The molecule has 1 saturated heterocycles. The van der Waals surface area contributed by atoms with Crippen molar-refractivity contribution in [3.63, 3.8) is 0 Å². The third kappa shape index (κ3) is 3.28. The Bertz CT molecular complexity index is 784. The number of halogens is 1. The lowest BCUT2D eigenvalue weighted by molar-refractivity contribution is -0.135. The van der Waals surface area contributed by atoms with Crippen molar-refractivity contribution in [2.24, 2.45) is 0 Å². The van der Waals surface area contributed by atoms with E-state index >= 15 is 0 Å². The van der Waals surface area contributed by atoms with E-state index in [2.05, 4.69) is 10.00 Å². The van der Waals surface area contributed by atoms with Crippen molar-refractivity contribution in [3.8, 4) is 0 Å². The number of carbonyl (C=O) groups excluding carboxylic acids is 1. The van der Waals surface area contributed by atoms with Gasteiger partial charge in [0.05, 0.1) is 10.7 Å². The second-order valence-corrected chi connectivity index (χ2v) is 6.15. The lowest BCUT2D eigenvalue weighted by Gasteiger charge is -2.37. The minimum absolute atomic E-state index is 0.0883. The topological polar surface area (TPSA) is 58.4 Å². The van der Waals surface area contributed by atoms with Crippen LogP contribution in [-0.4, -0.2) is 46.8 Å². The number of aromatic nitrogens is 2. The predicted octanol–water partition coefficient (Wildman–Crippen LogP) is 1.81. The molecule has 1 aliphatic heterocycles.